The van der Waals surface area contributed by atoms with Crippen LogP contribution in [0.2, 0.25) is 0 Å². The van der Waals surface area contributed by atoms with Gasteiger partial charge in [-0.1, -0.05) is 24.3 Å². The van der Waals surface area contributed by atoms with Gasteiger partial charge in [0.05, 0.1) is 11.4 Å². The lowest BCUT2D eigenvalue weighted by Gasteiger charge is -2.20. The van der Waals surface area contributed by atoms with Gasteiger partial charge in [0.15, 0.2) is 0 Å². The topological polar surface area (TPSA) is 48.0 Å². The van der Waals surface area contributed by atoms with Gasteiger partial charge in [-0.05, 0) is 56.3 Å². The van der Waals surface area contributed by atoms with Crippen molar-refractivity contribution in [2.24, 2.45) is 10.2 Å². The van der Waals surface area contributed by atoms with Crippen LogP contribution in [0, 0.1) is 0 Å². The normalized spacial score (nSPS) is 11.4. The number of nitrogens with zero attached hydrogens (tertiary/aromatic N) is 6. The van der Waals surface area contributed by atoms with E-state index in [0.29, 0.717) is 0 Å². The smallest absolute Gasteiger partial charge is 0.239 e. The zero-order chi connectivity index (χ0) is 25.1. The third kappa shape index (κ3) is 4.62. The summed E-state index contributed by atoms with van der Waals surface area (Å²) in [6.07, 6.45) is 0. The standard InChI is InChI=1S/C30H31N6/c1-5-35(6-2)26-16-18-28-30(21-26)36(24-12-8-7-9-13-24)29-20-23(15-17-27(29)31-28)33-32-22-11-10-14-25(19-22)34(3)4/h7-21H,5-6H2,1-4H3/q+1. The summed E-state index contributed by atoms with van der Waals surface area (Å²) in [5, 5.41) is 9.08. The van der Waals surface area contributed by atoms with Crippen molar-refractivity contribution in [3.63, 3.8) is 0 Å². The highest BCUT2D eigenvalue weighted by atomic mass is 15.1. The predicted octanol–water partition coefficient (Wildman–Crippen LogP) is 6.99. The Morgan fingerprint density at radius 3 is 2.03 bits per heavy atom. The van der Waals surface area contributed by atoms with Gasteiger partial charge in [0.1, 0.15) is 11.0 Å². The monoisotopic (exact) mass is 475 g/mol. The molecule has 0 aliphatic heterocycles. The second-order valence-corrected chi connectivity index (χ2v) is 8.92. The Hall–Kier alpha value is -4.32. The number of anilines is 2. The molecule has 6 nitrogen and oxygen atoms in total. The molecule has 0 unspecified atom stereocenters. The van der Waals surface area contributed by atoms with Gasteiger partial charge < -0.3 is 9.80 Å². The molecule has 0 spiro atoms. The first-order chi connectivity index (χ1) is 17.6. The highest BCUT2D eigenvalue weighted by molar-refractivity contribution is 5.85. The number of aromatic nitrogens is 2. The van der Waals surface area contributed by atoms with Crippen molar-refractivity contribution in [3.05, 3.63) is 91.0 Å². The predicted molar refractivity (Wildman–Crippen MR) is 149 cm³/mol. The summed E-state index contributed by atoms with van der Waals surface area (Å²) < 4.78 is 2.27. The van der Waals surface area contributed by atoms with Crippen molar-refractivity contribution in [2.75, 3.05) is 37.0 Å². The van der Waals surface area contributed by atoms with E-state index in [4.69, 9.17) is 4.98 Å². The number of benzene rings is 4. The van der Waals surface area contributed by atoms with Crippen LogP contribution in [0.3, 0.4) is 0 Å². The molecule has 0 saturated carbocycles. The molecule has 0 N–H and O–H groups in total. The Morgan fingerprint density at radius 1 is 0.667 bits per heavy atom. The SMILES string of the molecule is CCN(CC)c1ccc2nc3ccc(N=Nc4cccc(N(C)C)c4)cc3[n+](-c3ccccc3)c2c1. The highest BCUT2D eigenvalue weighted by Gasteiger charge is 2.21. The van der Waals surface area contributed by atoms with E-state index in [1.807, 2.05) is 50.5 Å². The number of hydrogen-bond acceptors (Lipinski definition) is 5. The van der Waals surface area contributed by atoms with Crippen molar-refractivity contribution >= 4 is 44.8 Å². The van der Waals surface area contributed by atoms with Gasteiger partial charge in [-0.25, -0.2) is 4.98 Å². The largest absolute Gasteiger partial charge is 0.378 e. The van der Waals surface area contributed by atoms with Crippen LogP contribution < -0.4 is 14.4 Å². The Kier molecular flexibility index (Phi) is 6.58. The molecule has 5 rings (SSSR count). The summed E-state index contributed by atoms with van der Waals surface area (Å²) in [5.74, 6) is 0. The first-order valence-electron chi connectivity index (χ1n) is 12.4. The maximum absolute atomic E-state index is 4.99. The fourth-order valence-corrected chi connectivity index (χ4v) is 4.48. The highest BCUT2D eigenvalue weighted by Crippen LogP contribution is 2.27. The molecule has 1 heterocycles. The van der Waals surface area contributed by atoms with E-state index < -0.39 is 0 Å². The Labute approximate surface area is 212 Å². The minimum Gasteiger partial charge on any atom is -0.378 e. The van der Waals surface area contributed by atoms with E-state index in [1.165, 1.54) is 5.69 Å². The van der Waals surface area contributed by atoms with E-state index >= 15 is 0 Å². The molecule has 4 aromatic carbocycles. The zero-order valence-corrected chi connectivity index (χ0v) is 21.3. The Balaban J connectivity index is 1.68. The summed E-state index contributed by atoms with van der Waals surface area (Å²) in [4.78, 5) is 9.40. The summed E-state index contributed by atoms with van der Waals surface area (Å²) in [5.41, 5.74) is 8.88. The average molecular weight is 476 g/mol. The van der Waals surface area contributed by atoms with Crippen molar-refractivity contribution in [2.45, 2.75) is 13.8 Å². The number of rotatable bonds is 7. The van der Waals surface area contributed by atoms with Gasteiger partial charge in [-0.15, -0.1) is 4.57 Å². The third-order valence-electron chi connectivity index (χ3n) is 6.41. The molecule has 0 amide bonds. The molecule has 0 bridgehead atoms. The maximum Gasteiger partial charge on any atom is 0.239 e. The number of para-hydroxylation sites is 1. The van der Waals surface area contributed by atoms with Gasteiger partial charge in [0.25, 0.3) is 0 Å². The first kappa shape index (κ1) is 23.4. The van der Waals surface area contributed by atoms with Crippen molar-refractivity contribution < 1.29 is 4.57 Å². The minimum absolute atomic E-state index is 0.781. The fourth-order valence-electron chi connectivity index (χ4n) is 4.48. The van der Waals surface area contributed by atoms with Crippen LogP contribution in [0.1, 0.15) is 13.8 Å². The molecule has 0 radical (unpaired) electrons. The number of azo groups is 1. The summed E-state index contributed by atoms with van der Waals surface area (Å²) in [7, 11) is 4.04. The Morgan fingerprint density at radius 2 is 1.33 bits per heavy atom. The van der Waals surface area contributed by atoms with Crippen LogP contribution in [0.15, 0.2) is 101 Å². The molecular weight excluding hydrogens is 444 g/mol. The van der Waals surface area contributed by atoms with Crippen LogP contribution in [0.25, 0.3) is 27.8 Å². The van der Waals surface area contributed by atoms with Crippen LogP contribution in [0.4, 0.5) is 22.7 Å². The molecule has 0 fully saturated rings. The lowest BCUT2D eigenvalue weighted by atomic mass is 10.1. The summed E-state index contributed by atoms with van der Waals surface area (Å²) >= 11 is 0. The van der Waals surface area contributed by atoms with Gasteiger partial charge >= 0.3 is 0 Å². The molecule has 1 aromatic heterocycles. The molecule has 5 aromatic rings. The van der Waals surface area contributed by atoms with Crippen LogP contribution >= 0.6 is 0 Å². The minimum atomic E-state index is 0.781. The van der Waals surface area contributed by atoms with Gasteiger partial charge in [0, 0.05) is 62.8 Å². The lowest BCUT2D eigenvalue weighted by Crippen LogP contribution is -2.33. The van der Waals surface area contributed by atoms with Crippen LogP contribution in [-0.2, 0) is 0 Å². The molecule has 0 saturated heterocycles. The summed E-state index contributed by atoms with van der Waals surface area (Å²) in [6, 6.07) is 31.1. The van der Waals surface area contributed by atoms with Crippen LogP contribution in [-0.4, -0.2) is 32.2 Å². The second kappa shape index (κ2) is 10.1. The summed E-state index contributed by atoms with van der Waals surface area (Å²) in [6.45, 7) is 6.27. The van der Waals surface area contributed by atoms with E-state index in [2.05, 4.69) is 93.0 Å². The van der Waals surface area contributed by atoms with E-state index in [0.717, 1.165) is 57.9 Å². The van der Waals surface area contributed by atoms with E-state index in [1.54, 1.807) is 0 Å². The van der Waals surface area contributed by atoms with E-state index in [9.17, 15) is 0 Å². The quantitative estimate of drug-likeness (QED) is 0.145. The van der Waals surface area contributed by atoms with Crippen molar-refractivity contribution in [1.82, 2.24) is 4.98 Å². The maximum atomic E-state index is 4.99. The molecule has 0 aliphatic carbocycles. The number of fused-ring (bicyclic) bond motifs is 2. The molecule has 0 aliphatic rings. The molecule has 0 atom stereocenters. The van der Waals surface area contributed by atoms with Gasteiger partial charge in [-0.2, -0.15) is 10.2 Å². The van der Waals surface area contributed by atoms with Crippen molar-refractivity contribution in [1.29, 1.82) is 0 Å². The van der Waals surface area contributed by atoms with Gasteiger partial charge in [0.2, 0.25) is 16.7 Å². The van der Waals surface area contributed by atoms with E-state index in [-0.39, 0.29) is 0 Å². The van der Waals surface area contributed by atoms with Gasteiger partial charge in [-0.3, -0.25) is 0 Å². The first-order valence-corrected chi connectivity index (χ1v) is 12.4. The average Bonchev–Trinajstić information content (AvgIpc) is 2.92. The fraction of sp³-hybridized carbons (Fsp3) is 0.200. The van der Waals surface area contributed by atoms with Crippen LogP contribution in [0.5, 0.6) is 0 Å². The Bertz CT molecular complexity index is 1540. The van der Waals surface area contributed by atoms with Crippen molar-refractivity contribution in [3.8, 4) is 5.69 Å². The number of hydrogen-bond donors (Lipinski definition) is 0. The zero-order valence-electron chi connectivity index (χ0n) is 21.3. The third-order valence-corrected chi connectivity index (χ3v) is 6.41. The lowest BCUT2D eigenvalue weighted by molar-refractivity contribution is -0.538. The molecule has 36 heavy (non-hydrogen) atoms. The molecule has 180 valence electrons. The second-order valence-electron chi connectivity index (χ2n) is 8.92. The molecule has 6 heteroatoms. The molecular formula is C30H31N6+.